The smallest absolute Gasteiger partial charge is 0.266 e. The Morgan fingerprint density at radius 3 is 2.20 bits per heavy atom. The highest BCUT2D eigenvalue weighted by Gasteiger charge is 2.33. The number of aromatic nitrogens is 2. The number of methoxy groups -OCH3 is 1. The van der Waals surface area contributed by atoms with E-state index in [4.69, 9.17) is 9.72 Å². The normalized spacial score (nSPS) is 12.8. The molecule has 4 aromatic rings. The number of hydrogen-bond donors (Lipinski definition) is 0. The maximum atomic E-state index is 13.7. The van der Waals surface area contributed by atoms with Gasteiger partial charge in [0.2, 0.25) is 10.0 Å². The third-order valence-electron chi connectivity index (χ3n) is 5.63. The molecule has 1 aromatic heterocycles. The van der Waals surface area contributed by atoms with Crippen LogP contribution in [0, 0.1) is 0 Å². The number of sulfonamides is 1. The van der Waals surface area contributed by atoms with E-state index in [1.807, 2.05) is 12.1 Å². The first-order valence-electron chi connectivity index (χ1n) is 10.8. The van der Waals surface area contributed by atoms with E-state index in [-0.39, 0.29) is 23.6 Å². The minimum absolute atomic E-state index is 0.0824. The second-order valence-electron chi connectivity index (χ2n) is 7.84. The molecule has 182 valence electrons. The van der Waals surface area contributed by atoms with Crippen molar-refractivity contribution in [2.24, 2.45) is 0 Å². The van der Waals surface area contributed by atoms with Crippen molar-refractivity contribution in [1.29, 1.82) is 0 Å². The van der Waals surface area contributed by atoms with Crippen LogP contribution >= 0.6 is 31.9 Å². The van der Waals surface area contributed by atoms with Gasteiger partial charge in [-0.15, -0.1) is 0 Å². The third kappa shape index (κ3) is 5.26. The summed E-state index contributed by atoms with van der Waals surface area (Å²) in [7, 11) is -2.42. The van der Waals surface area contributed by atoms with Crippen LogP contribution in [0.4, 0.5) is 0 Å². The van der Waals surface area contributed by atoms with Gasteiger partial charge in [-0.05, 0) is 67.6 Å². The summed E-state index contributed by atoms with van der Waals surface area (Å²) in [5.74, 6) is 0.313. The van der Waals surface area contributed by atoms with Crippen LogP contribution in [0.1, 0.15) is 18.8 Å². The Kier molecular flexibility index (Phi) is 7.87. The van der Waals surface area contributed by atoms with Gasteiger partial charge in [-0.1, -0.05) is 44.0 Å². The van der Waals surface area contributed by atoms with Gasteiger partial charge < -0.3 is 4.74 Å². The molecule has 0 amide bonds. The first-order chi connectivity index (χ1) is 16.7. The minimum atomic E-state index is -3.94. The molecule has 0 saturated heterocycles. The molecule has 0 aliphatic heterocycles. The van der Waals surface area contributed by atoms with Crippen LogP contribution in [-0.4, -0.2) is 42.5 Å². The van der Waals surface area contributed by atoms with Gasteiger partial charge in [-0.25, -0.2) is 13.4 Å². The van der Waals surface area contributed by atoms with Crippen LogP contribution in [-0.2, 0) is 14.8 Å². The molecule has 0 radical (unpaired) electrons. The van der Waals surface area contributed by atoms with Gasteiger partial charge in [0.25, 0.3) is 5.56 Å². The van der Waals surface area contributed by atoms with Gasteiger partial charge in [0, 0.05) is 22.6 Å². The van der Waals surface area contributed by atoms with Crippen LogP contribution in [0.25, 0.3) is 16.6 Å². The van der Waals surface area contributed by atoms with Crippen LogP contribution in [0.5, 0.6) is 0 Å². The summed E-state index contributed by atoms with van der Waals surface area (Å²) >= 11 is 6.77. The molecule has 0 N–H and O–H groups in total. The molecule has 35 heavy (non-hydrogen) atoms. The van der Waals surface area contributed by atoms with Gasteiger partial charge in [0.05, 0.1) is 34.1 Å². The first kappa shape index (κ1) is 25.7. The number of para-hydroxylation sites is 1. The van der Waals surface area contributed by atoms with Crippen molar-refractivity contribution in [2.45, 2.75) is 17.9 Å². The molecule has 3 aromatic carbocycles. The third-order valence-corrected chi connectivity index (χ3v) is 8.67. The summed E-state index contributed by atoms with van der Waals surface area (Å²) in [6, 6.07) is 20.0. The molecule has 4 rings (SSSR count). The monoisotopic (exact) mass is 619 g/mol. The van der Waals surface area contributed by atoms with Crippen molar-refractivity contribution in [3.8, 4) is 5.69 Å². The number of ether oxygens (including phenoxy) is 1. The highest BCUT2D eigenvalue weighted by atomic mass is 79.9. The Hall–Kier alpha value is -2.37. The summed E-state index contributed by atoms with van der Waals surface area (Å²) in [5, 5.41) is 0.450. The lowest BCUT2D eigenvalue weighted by Crippen LogP contribution is -2.39. The predicted octanol–water partition coefficient (Wildman–Crippen LogP) is 5.31. The average Bonchev–Trinajstić information content (AvgIpc) is 2.85. The second-order valence-corrected chi connectivity index (χ2v) is 11.6. The van der Waals surface area contributed by atoms with Gasteiger partial charge in [0.15, 0.2) is 0 Å². The van der Waals surface area contributed by atoms with E-state index in [2.05, 4.69) is 31.9 Å². The lowest BCUT2D eigenvalue weighted by Gasteiger charge is -2.29. The molecule has 1 unspecified atom stereocenters. The SMILES string of the molecule is COCCN(C(C)c1nc2ccccc2c(=O)n1-c1ccc(Br)cc1)S(=O)(=O)c1ccc(Br)cc1. The van der Waals surface area contributed by atoms with Gasteiger partial charge in [-0.2, -0.15) is 4.31 Å². The lowest BCUT2D eigenvalue weighted by atomic mass is 10.2. The number of halogens is 2. The van der Waals surface area contributed by atoms with E-state index < -0.39 is 16.1 Å². The van der Waals surface area contributed by atoms with E-state index in [0.29, 0.717) is 22.4 Å². The highest BCUT2D eigenvalue weighted by molar-refractivity contribution is 9.10. The maximum Gasteiger partial charge on any atom is 0.266 e. The summed E-state index contributed by atoms with van der Waals surface area (Å²) in [6.07, 6.45) is 0. The molecule has 0 spiro atoms. The van der Waals surface area contributed by atoms with Crippen molar-refractivity contribution in [3.05, 3.63) is 97.9 Å². The van der Waals surface area contributed by atoms with Crippen molar-refractivity contribution in [2.75, 3.05) is 20.3 Å². The van der Waals surface area contributed by atoms with Crippen molar-refractivity contribution in [3.63, 3.8) is 0 Å². The van der Waals surface area contributed by atoms with Crippen molar-refractivity contribution < 1.29 is 13.2 Å². The average molecular weight is 621 g/mol. The Bertz CT molecular complexity index is 1510. The topological polar surface area (TPSA) is 81.5 Å². The van der Waals surface area contributed by atoms with Crippen LogP contribution in [0.15, 0.2) is 91.4 Å². The number of rotatable bonds is 8. The van der Waals surface area contributed by atoms with E-state index >= 15 is 0 Å². The number of hydrogen-bond acceptors (Lipinski definition) is 5. The van der Waals surface area contributed by atoms with Gasteiger partial charge in [0.1, 0.15) is 5.82 Å². The molecule has 1 atom stereocenters. The molecule has 7 nitrogen and oxygen atoms in total. The van der Waals surface area contributed by atoms with Gasteiger partial charge >= 0.3 is 0 Å². The Morgan fingerprint density at radius 1 is 0.971 bits per heavy atom. The Labute approximate surface area is 220 Å². The summed E-state index contributed by atoms with van der Waals surface area (Å²) < 4.78 is 37.1. The summed E-state index contributed by atoms with van der Waals surface area (Å²) in [5.41, 5.74) is 0.819. The predicted molar refractivity (Wildman–Crippen MR) is 143 cm³/mol. The largest absolute Gasteiger partial charge is 0.383 e. The molecule has 0 aliphatic carbocycles. The summed E-state index contributed by atoms with van der Waals surface area (Å²) in [6.45, 7) is 1.99. The molecule has 0 fully saturated rings. The quantitative estimate of drug-likeness (QED) is 0.267. The second kappa shape index (κ2) is 10.7. The molecular weight excluding hydrogens is 598 g/mol. The lowest BCUT2D eigenvalue weighted by molar-refractivity contribution is 0.166. The van der Waals surface area contributed by atoms with E-state index in [9.17, 15) is 13.2 Å². The van der Waals surface area contributed by atoms with Crippen molar-refractivity contribution in [1.82, 2.24) is 13.9 Å². The van der Waals surface area contributed by atoms with Gasteiger partial charge in [-0.3, -0.25) is 9.36 Å². The first-order valence-corrected chi connectivity index (χ1v) is 13.8. The van der Waals surface area contributed by atoms with E-state index in [1.165, 1.54) is 16.0 Å². The molecule has 0 aliphatic rings. The zero-order chi connectivity index (χ0) is 25.2. The number of benzene rings is 3. The fourth-order valence-corrected chi connectivity index (χ4v) is 5.95. The van der Waals surface area contributed by atoms with Crippen molar-refractivity contribution >= 4 is 52.8 Å². The van der Waals surface area contributed by atoms with Crippen LogP contribution in [0.3, 0.4) is 0 Å². The standard InChI is InChI=1S/C25H23Br2N3O4S/c1-17(29(15-16-34-2)35(32,33)21-13-9-19(27)10-14-21)24-28-23-6-4-3-5-22(23)25(31)30(24)20-11-7-18(26)8-12-20/h3-14,17H,15-16H2,1-2H3. The summed E-state index contributed by atoms with van der Waals surface area (Å²) in [4.78, 5) is 18.6. The van der Waals surface area contributed by atoms with E-state index in [1.54, 1.807) is 67.6 Å². The zero-order valence-corrected chi connectivity index (χ0v) is 23.0. The Balaban J connectivity index is 1.94. The van der Waals surface area contributed by atoms with E-state index in [0.717, 1.165) is 8.95 Å². The minimum Gasteiger partial charge on any atom is -0.383 e. The molecule has 0 saturated carbocycles. The number of fused-ring (bicyclic) bond motifs is 1. The highest BCUT2D eigenvalue weighted by Crippen LogP contribution is 2.29. The molecular formula is C25H23Br2N3O4S. The Morgan fingerprint density at radius 2 is 1.57 bits per heavy atom. The number of nitrogens with zero attached hydrogens (tertiary/aromatic N) is 3. The molecule has 0 bridgehead atoms. The fourth-order valence-electron chi connectivity index (χ4n) is 3.84. The van der Waals surface area contributed by atoms with Crippen LogP contribution in [0.2, 0.25) is 0 Å². The molecule has 1 heterocycles. The zero-order valence-electron chi connectivity index (χ0n) is 19.1. The molecule has 10 heteroatoms. The van der Waals surface area contributed by atoms with Crippen LogP contribution < -0.4 is 5.56 Å². The fraction of sp³-hybridized carbons (Fsp3) is 0.200. The maximum absolute atomic E-state index is 13.7.